The lowest BCUT2D eigenvalue weighted by molar-refractivity contribution is -0.138. The molecule has 16 heavy (non-hydrogen) atoms. The van der Waals surface area contributed by atoms with Gasteiger partial charge in [-0.25, -0.2) is 0 Å². The van der Waals surface area contributed by atoms with Gasteiger partial charge in [0, 0.05) is 20.1 Å². The number of carbonyl (C=O) groups excluding carboxylic acids is 1. The first kappa shape index (κ1) is 11.1. The summed E-state index contributed by atoms with van der Waals surface area (Å²) in [7, 11) is 3.60. The first-order valence-electron chi connectivity index (χ1n) is 5.59. The summed E-state index contributed by atoms with van der Waals surface area (Å²) in [5, 5.41) is 0. The Balaban J connectivity index is 2.35. The zero-order valence-electron chi connectivity index (χ0n) is 9.81. The summed E-state index contributed by atoms with van der Waals surface area (Å²) in [6, 6.07) is 10.1. The Morgan fingerprint density at radius 2 is 1.88 bits per heavy atom. The van der Waals surface area contributed by atoms with E-state index in [1.807, 2.05) is 30.3 Å². The maximum Gasteiger partial charge on any atom is 0.232 e. The van der Waals surface area contributed by atoms with E-state index in [0.717, 1.165) is 18.4 Å². The van der Waals surface area contributed by atoms with Crippen LogP contribution in [0.1, 0.15) is 18.4 Å². The monoisotopic (exact) mass is 218 g/mol. The van der Waals surface area contributed by atoms with E-state index in [1.165, 1.54) is 0 Å². The van der Waals surface area contributed by atoms with Crippen molar-refractivity contribution in [3.05, 3.63) is 35.9 Å². The average molecular weight is 218 g/mol. The Morgan fingerprint density at radius 1 is 1.31 bits per heavy atom. The third-order valence-electron chi connectivity index (χ3n) is 3.36. The van der Waals surface area contributed by atoms with Crippen molar-refractivity contribution < 1.29 is 4.79 Å². The lowest BCUT2D eigenvalue weighted by Gasteiger charge is -2.46. The van der Waals surface area contributed by atoms with Crippen molar-refractivity contribution in [3.8, 4) is 0 Å². The molecule has 3 nitrogen and oxygen atoms in total. The van der Waals surface area contributed by atoms with Gasteiger partial charge in [0.2, 0.25) is 5.91 Å². The van der Waals surface area contributed by atoms with Crippen LogP contribution in [-0.4, -0.2) is 30.9 Å². The molecule has 2 N–H and O–H groups in total. The van der Waals surface area contributed by atoms with Gasteiger partial charge in [-0.1, -0.05) is 30.3 Å². The van der Waals surface area contributed by atoms with Gasteiger partial charge in [0.25, 0.3) is 0 Å². The van der Waals surface area contributed by atoms with Gasteiger partial charge in [-0.3, -0.25) is 4.79 Å². The number of rotatable bonds is 2. The molecule has 1 aliphatic rings. The number of nitrogens with zero attached hydrogens (tertiary/aromatic N) is 1. The first-order chi connectivity index (χ1) is 7.56. The molecule has 0 spiro atoms. The van der Waals surface area contributed by atoms with Gasteiger partial charge in [0.15, 0.2) is 0 Å². The van der Waals surface area contributed by atoms with Gasteiger partial charge >= 0.3 is 0 Å². The van der Waals surface area contributed by atoms with Crippen molar-refractivity contribution in [2.24, 2.45) is 5.73 Å². The van der Waals surface area contributed by atoms with Gasteiger partial charge in [-0.05, 0) is 18.4 Å². The van der Waals surface area contributed by atoms with Gasteiger partial charge < -0.3 is 10.6 Å². The second-order valence-electron chi connectivity index (χ2n) is 4.82. The largest absolute Gasteiger partial charge is 0.348 e. The second-order valence-corrected chi connectivity index (χ2v) is 4.82. The Hall–Kier alpha value is -1.35. The number of nitrogens with two attached hydrogens (primary N) is 1. The fourth-order valence-corrected chi connectivity index (χ4v) is 2.55. The maximum absolute atomic E-state index is 12.3. The van der Waals surface area contributed by atoms with E-state index in [9.17, 15) is 4.79 Å². The van der Waals surface area contributed by atoms with Crippen molar-refractivity contribution >= 4 is 5.91 Å². The van der Waals surface area contributed by atoms with E-state index in [1.54, 1.807) is 19.0 Å². The van der Waals surface area contributed by atoms with Crippen LogP contribution >= 0.6 is 0 Å². The van der Waals surface area contributed by atoms with E-state index in [4.69, 9.17) is 5.73 Å². The third kappa shape index (κ3) is 1.61. The minimum atomic E-state index is -0.371. The van der Waals surface area contributed by atoms with Crippen LogP contribution in [0, 0.1) is 0 Å². The zero-order chi connectivity index (χ0) is 11.8. The topological polar surface area (TPSA) is 46.3 Å². The molecule has 1 aromatic rings. The minimum Gasteiger partial charge on any atom is -0.348 e. The number of hydrogen-bond acceptors (Lipinski definition) is 2. The second kappa shape index (κ2) is 3.91. The molecule has 1 amide bonds. The molecule has 0 aromatic heterocycles. The Labute approximate surface area is 96.2 Å². The molecule has 3 heteroatoms. The quantitative estimate of drug-likeness (QED) is 0.809. The normalized spacial score (nSPS) is 28.3. The molecule has 1 saturated carbocycles. The van der Waals surface area contributed by atoms with Crippen molar-refractivity contribution in [3.63, 3.8) is 0 Å². The van der Waals surface area contributed by atoms with Crippen LogP contribution in [0.15, 0.2) is 30.3 Å². The molecule has 0 radical (unpaired) electrons. The highest BCUT2D eigenvalue weighted by molar-refractivity contribution is 5.89. The van der Waals surface area contributed by atoms with Crippen LogP contribution in [0.5, 0.6) is 0 Å². The van der Waals surface area contributed by atoms with Crippen LogP contribution in [0.25, 0.3) is 0 Å². The fraction of sp³-hybridized carbons (Fsp3) is 0.462. The Bertz CT molecular complexity index is 380. The zero-order valence-corrected chi connectivity index (χ0v) is 9.81. The lowest BCUT2D eigenvalue weighted by atomic mass is 9.61. The molecule has 1 aromatic carbocycles. The molecule has 0 aliphatic heterocycles. The summed E-state index contributed by atoms with van der Waals surface area (Å²) in [6.45, 7) is 0. The third-order valence-corrected chi connectivity index (χ3v) is 3.36. The molecule has 0 bridgehead atoms. The van der Waals surface area contributed by atoms with E-state index in [-0.39, 0.29) is 17.4 Å². The van der Waals surface area contributed by atoms with Crippen molar-refractivity contribution in [2.45, 2.75) is 24.3 Å². The average Bonchev–Trinajstić information content (AvgIpc) is 2.24. The first-order valence-corrected chi connectivity index (χ1v) is 5.59. The van der Waals surface area contributed by atoms with E-state index >= 15 is 0 Å². The summed E-state index contributed by atoms with van der Waals surface area (Å²) >= 11 is 0. The Morgan fingerprint density at radius 3 is 2.31 bits per heavy atom. The summed E-state index contributed by atoms with van der Waals surface area (Å²) in [6.07, 6.45) is 1.52. The van der Waals surface area contributed by atoms with Crippen LogP contribution in [0.4, 0.5) is 0 Å². The molecule has 86 valence electrons. The Kier molecular flexibility index (Phi) is 2.72. The number of carbonyl (C=O) groups is 1. The highest BCUT2D eigenvalue weighted by Gasteiger charge is 2.50. The number of amides is 1. The summed E-state index contributed by atoms with van der Waals surface area (Å²) in [5.74, 6) is 0.167. The van der Waals surface area contributed by atoms with E-state index in [2.05, 4.69) is 0 Å². The van der Waals surface area contributed by atoms with Crippen LogP contribution in [0.3, 0.4) is 0 Å². The molecular weight excluding hydrogens is 200 g/mol. The molecule has 0 heterocycles. The van der Waals surface area contributed by atoms with Gasteiger partial charge in [0.1, 0.15) is 0 Å². The summed E-state index contributed by atoms with van der Waals surface area (Å²) < 4.78 is 0. The molecule has 2 rings (SSSR count). The van der Waals surface area contributed by atoms with Crippen molar-refractivity contribution in [2.75, 3.05) is 14.1 Å². The van der Waals surface area contributed by atoms with Crippen LogP contribution in [0.2, 0.25) is 0 Å². The van der Waals surface area contributed by atoms with Gasteiger partial charge in [-0.2, -0.15) is 0 Å². The fourth-order valence-electron chi connectivity index (χ4n) is 2.55. The maximum atomic E-state index is 12.3. The van der Waals surface area contributed by atoms with Gasteiger partial charge in [-0.15, -0.1) is 0 Å². The highest BCUT2D eigenvalue weighted by atomic mass is 16.2. The molecule has 1 fully saturated rings. The standard InChI is InChI=1S/C13H18N2O/c1-15(2)12(16)13(8-11(14)9-13)10-6-4-3-5-7-10/h3-7,11H,8-9,14H2,1-2H3. The van der Waals surface area contributed by atoms with Crippen molar-refractivity contribution in [1.29, 1.82) is 0 Å². The molecule has 0 atom stereocenters. The van der Waals surface area contributed by atoms with E-state index in [0.29, 0.717) is 0 Å². The molecule has 0 unspecified atom stereocenters. The summed E-state index contributed by atoms with van der Waals surface area (Å²) in [4.78, 5) is 13.9. The molecule has 0 saturated heterocycles. The lowest BCUT2D eigenvalue weighted by Crippen LogP contribution is -2.57. The smallest absolute Gasteiger partial charge is 0.232 e. The summed E-state index contributed by atoms with van der Waals surface area (Å²) in [5.41, 5.74) is 6.58. The van der Waals surface area contributed by atoms with E-state index < -0.39 is 0 Å². The predicted octanol–water partition coefficient (Wildman–Crippen LogP) is 1.13. The highest BCUT2D eigenvalue weighted by Crippen LogP contribution is 2.44. The van der Waals surface area contributed by atoms with Crippen LogP contribution in [-0.2, 0) is 10.2 Å². The molecular formula is C13H18N2O. The number of likely N-dealkylation sites (N-methyl/N-ethyl adjacent to an activating group) is 1. The minimum absolute atomic E-state index is 0.157. The van der Waals surface area contributed by atoms with Gasteiger partial charge in [0.05, 0.1) is 5.41 Å². The number of hydrogen-bond donors (Lipinski definition) is 1. The SMILES string of the molecule is CN(C)C(=O)C1(c2ccccc2)CC(N)C1. The molecule has 1 aliphatic carbocycles. The van der Waals surface area contributed by atoms with Crippen LogP contribution < -0.4 is 5.73 Å². The van der Waals surface area contributed by atoms with Crippen molar-refractivity contribution in [1.82, 2.24) is 4.90 Å². The predicted molar refractivity (Wildman–Crippen MR) is 64.0 cm³/mol. The number of benzene rings is 1.